The summed E-state index contributed by atoms with van der Waals surface area (Å²) < 4.78 is 43.8. The van der Waals surface area contributed by atoms with Crippen LogP contribution in [0.25, 0.3) is 11.3 Å². The molecule has 0 saturated heterocycles. The fraction of sp³-hybridized carbons (Fsp3) is 0.400. The van der Waals surface area contributed by atoms with Crippen molar-refractivity contribution in [3.63, 3.8) is 0 Å². The van der Waals surface area contributed by atoms with Gasteiger partial charge in [-0.15, -0.1) is 0 Å². The Kier molecular flexibility index (Phi) is 4.88. The summed E-state index contributed by atoms with van der Waals surface area (Å²) in [6.07, 6.45) is -2.41. The molecule has 1 aromatic carbocycles. The van der Waals surface area contributed by atoms with E-state index in [1.807, 2.05) is 6.07 Å². The molecule has 0 bridgehead atoms. The molecule has 144 valence electrons. The first-order chi connectivity index (χ1) is 12.5. The number of nitrogens with zero attached hydrogens (tertiary/aromatic N) is 1. The number of halogens is 3. The first kappa shape index (κ1) is 19.2. The number of ether oxygens (including phenoxy) is 1. The van der Waals surface area contributed by atoms with Crippen LogP contribution in [-0.4, -0.2) is 22.7 Å². The van der Waals surface area contributed by atoms with Gasteiger partial charge in [-0.05, 0) is 51.0 Å². The van der Waals surface area contributed by atoms with Crippen molar-refractivity contribution in [1.29, 1.82) is 0 Å². The number of alkyl carbamates (subject to hydrolysis) is 1. The number of aromatic nitrogens is 1. The minimum atomic E-state index is -4.38. The van der Waals surface area contributed by atoms with Gasteiger partial charge in [0.25, 0.3) is 0 Å². The van der Waals surface area contributed by atoms with E-state index in [1.54, 1.807) is 39.1 Å². The van der Waals surface area contributed by atoms with E-state index in [2.05, 4.69) is 10.3 Å². The second kappa shape index (κ2) is 6.87. The third kappa shape index (κ3) is 4.99. The lowest BCUT2D eigenvalue weighted by Gasteiger charge is -2.19. The minimum Gasteiger partial charge on any atom is -0.444 e. The molecule has 0 aliphatic heterocycles. The number of rotatable bonds is 3. The molecule has 1 heterocycles. The summed E-state index contributed by atoms with van der Waals surface area (Å²) in [5.74, 6) is 0.139. The van der Waals surface area contributed by atoms with Gasteiger partial charge in [-0.1, -0.05) is 18.2 Å². The van der Waals surface area contributed by atoms with Crippen LogP contribution in [0, 0.1) is 0 Å². The lowest BCUT2D eigenvalue weighted by molar-refractivity contribution is -0.137. The zero-order valence-corrected chi connectivity index (χ0v) is 15.3. The second-order valence-electron chi connectivity index (χ2n) is 7.65. The van der Waals surface area contributed by atoms with Gasteiger partial charge in [0.15, 0.2) is 0 Å². The fourth-order valence-corrected chi connectivity index (χ4v) is 2.83. The summed E-state index contributed by atoms with van der Waals surface area (Å²) in [6, 6.07) is 8.62. The fourth-order valence-electron chi connectivity index (χ4n) is 2.83. The molecule has 1 fully saturated rings. The first-order valence-corrected chi connectivity index (χ1v) is 8.66. The molecule has 1 aliphatic rings. The van der Waals surface area contributed by atoms with Gasteiger partial charge in [-0.2, -0.15) is 13.2 Å². The van der Waals surface area contributed by atoms with Gasteiger partial charge in [-0.3, -0.25) is 4.98 Å². The van der Waals surface area contributed by atoms with Gasteiger partial charge in [0.1, 0.15) is 5.60 Å². The van der Waals surface area contributed by atoms with Gasteiger partial charge in [0.05, 0.1) is 11.3 Å². The Labute approximate surface area is 155 Å². The zero-order chi connectivity index (χ0) is 19.8. The van der Waals surface area contributed by atoms with Gasteiger partial charge in [0, 0.05) is 23.7 Å². The van der Waals surface area contributed by atoms with Gasteiger partial charge in [0.2, 0.25) is 0 Å². The molecule has 1 unspecified atom stereocenters. The van der Waals surface area contributed by atoms with Crippen LogP contribution in [0.1, 0.15) is 44.2 Å². The minimum absolute atomic E-state index is 0.0129. The van der Waals surface area contributed by atoms with Crippen LogP contribution >= 0.6 is 0 Å². The monoisotopic (exact) mass is 378 g/mol. The number of carbonyl (C=O) groups excluding carboxylic acids is 1. The molecule has 3 rings (SSSR count). The third-order valence-corrected chi connectivity index (χ3v) is 4.19. The van der Waals surface area contributed by atoms with Crippen LogP contribution in [0.5, 0.6) is 0 Å². The molecule has 0 radical (unpaired) electrons. The highest BCUT2D eigenvalue weighted by Crippen LogP contribution is 2.41. The van der Waals surface area contributed by atoms with Crippen LogP contribution in [0.15, 0.2) is 42.6 Å². The number of nitrogens with one attached hydrogen (secondary N) is 1. The molecule has 4 nitrogen and oxygen atoms in total. The summed E-state index contributed by atoms with van der Waals surface area (Å²) in [7, 11) is 0. The molecule has 1 aromatic heterocycles. The number of amides is 1. The Morgan fingerprint density at radius 3 is 2.52 bits per heavy atom. The highest BCUT2D eigenvalue weighted by molar-refractivity contribution is 5.69. The van der Waals surface area contributed by atoms with Crippen LogP contribution in [0.3, 0.4) is 0 Å². The van der Waals surface area contributed by atoms with Crippen molar-refractivity contribution in [2.75, 3.05) is 0 Å². The number of pyridine rings is 1. The normalized spacial score (nSPS) is 19.5. The van der Waals surface area contributed by atoms with Crippen LogP contribution in [0.4, 0.5) is 18.0 Å². The average molecular weight is 378 g/mol. The highest BCUT2D eigenvalue weighted by atomic mass is 19.4. The number of carbonyl (C=O) groups is 1. The van der Waals surface area contributed by atoms with Crippen molar-refractivity contribution in [2.45, 2.75) is 50.9 Å². The van der Waals surface area contributed by atoms with E-state index in [-0.39, 0.29) is 12.0 Å². The predicted molar refractivity (Wildman–Crippen MR) is 95.2 cm³/mol. The molecule has 1 amide bonds. The number of benzene rings is 1. The van der Waals surface area contributed by atoms with E-state index < -0.39 is 23.4 Å². The van der Waals surface area contributed by atoms with E-state index in [4.69, 9.17) is 4.74 Å². The molecule has 1 aliphatic carbocycles. The summed E-state index contributed by atoms with van der Waals surface area (Å²) in [6.45, 7) is 5.40. The second-order valence-corrected chi connectivity index (χ2v) is 7.65. The lowest BCUT2D eigenvalue weighted by Crippen LogP contribution is -2.34. The van der Waals surface area contributed by atoms with Gasteiger partial charge in [-0.25, -0.2) is 4.79 Å². The quantitative estimate of drug-likeness (QED) is 0.804. The zero-order valence-electron chi connectivity index (χ0n) is 15.3. The smallest absolute Gasteiger partial charge is 0.416 e. The van der Waals surface area contributed by atoms with E-state index in [9.17, 15) is 18.0 Å². The van der Waals surface area contributed by atoms with Crippen molar-refractivity contribution in [3.05, 3.63) is 53.7 Å². The Hall–Kier alpha value is -2.57. The SMILES string of the molecule is CC(C)(C)OC(=O)N[C@H]1CC1c1ccc(-c2cccc(C(F)(F)F)c2)nc1. The molecule has 0 spiro atoms. The molecule has 2 atom stereocenters. The van der Waals surface area contributed by atoms with Crippen LogP contribution < -0.4 is 5.32 Å². The van der Waals surface area contributed by atoms with E-state index in [0.717, 1.165) is 24.1 Å². The third-order valence-electron chi connectivity index (χ3n) is 4.19. The van der Waals surface area contributed by atoms with E-state index >= 15 is 0 Å². The Morgan fingerprint density at radius 1 is 1.19 bits per heavy atom. The lowest BCUT2D eigenvalue weighted by atomic mass is 10.1. The molecule has 1 saturated carbocycles. The summed E-state index contributed by atoms with van der Waals surface area (Å²) in [4.78, 5) is 16.1. The largest absolute Gasteiger partial charge is 0.444 e. The molecule has 7 heteroatoms. The van der Waals surface area contributed by atoms with Crippen LogP contribution in [-0.2, 0) is 10.9 Å². The molecule has 1 N–H and O–H groups in total. The average Bonchev–Trinajstić information content (AvgIpc) is 3.31. The maximum Gasteiger partial charge on any atom is 0.416 e. The maximum absolute atomic E-state index is 12.8. The molecular weight excluding hydrogens is 357 g/mol. The maximum atomic E-state index is 12.8. The van der Waals surface area contributed by atoms with Gasteiger partial charge < -0.3 is 10.1 Å². The number of hydrogen-bond acceptors (Lipinski definition) is 3. The van der Waals surface area contributed by atoms with E-state index in [0.29, 0.717) is 11.3 Å². The first-order valence-electron chi connectivity index (χ1n) is 8.66. The number of hydrogen-bond donors (Lipinski definition) is 1. The molecule has 27 heavy (non-hydrogen) atoms. The van der Waals surface area contributed by atoms with Crippen molar-refractivity contribution in [2.24, 2.45) is 0 Å². The van der Waals surface area contributed by atoms with Crippen molar-refractivity contribution in [3.8, 4) is 11.3 Å². The van der Waals surface area contributed by atoms with Crippen molar-refractivity contribution < 1.29 is 22.7 Å². The summed E-state index contributed by atoms with van der Waals surface area (Å²) in [5.41, 5.74) is 0.571. The standard InChI is InChI=1S/C20H21F3N2O2/c1-19(2,3)27-18(26)25-17-10-15(17)13-7-8-16(24-11-13)12-5-4-6-14(9-12)20(21,22)23/h4-9,11,15,17H,10H2,1-3H3,(H,25,26)/t15?,17-/m0/s1. The van der Waals surface area contributed by atoms with Crippen LogP contribution in [0.2, 0.25) is 0 Å². The molecular formula is C20H21F3N2O2. The Morgan fingerprint density at radius 2 is 1.93 bits per heavy atom. The van der Waals surface area contributed by atoms with Crippen molar-refractivity contribution >= 4 is 6.09 Å². The highest BCUT2D eigenvalue weighted by Gasteiger charge is 2.40. The van der Waals surface area contributed by atoms with E-state index in [1.165, 1.54) is 6.07 Å². The summed E-state index contributed by atoms with van der Waals surface area (Å²) in [5, 5.41) is 2.82. The van der Waals surface area contributed by atoms with Crippen molar-refractivity contribution in [1.82, 2.24) is 10.3 Å². The number of alkyl halides is 3. The topological polar surface area (TPSA) is 51.2 Å². The molecule has 2 aromatic rings. The summed E-state index contributed by atoms with van der Waals surface area (Å²) >= 11 is 0. The predicted octanol–water partition coefficient (Wildman–Crippen LogP) is 5.15. The Bertz CT molecular complexity index is 826. The van der Waals surface area contributed by atoms with Gasteiger partial charge >= 0.3 is 12.3 Å². The Balaban J connectivity index is 1.65.